The molecule has 0 N–H and O–H groups in total. The van der Waals surface area contributed by atoms with Gasteiger partial charge in [-0.2, -0.15) is 4.99 Å². The van der Waals surface area contributed by atoms with Crippen molar-refractivity contribution in [3.05, 3.63) is 52.3 Å². The van der Waals surface area contributed by atoms with E-state index in [2.05, 4.69) is 24.0 Å². The second kappa shape index (κ2) is 8.39. The highest BCUT2D eigenvalue weighted by Gasteiger charge is 2.15. The summed E-state index contributed by atoms with van der Waals surface area (Å²) >= 11 is 1.44. The van der Waals surface area contributed by atoms with Crippen LogP contribution < -0.4 is 14.3 Å². The van der Waals surface area contributed by atoms with Gasteiger partial charge in [-0.3, -0.25) is 4.79 Å². The summed E-state index contributed by atoms with van der Waals surface area (Å²) in [7, 11) is 3.28. The largest absolute Gasteiger partial charge is 0.495 e. The molecule has 1 heterocycles. The number of nitrogens with zero attached hydrogens (tertiary/aromatic N) is 2. The molecule has 0 saturated carbocycles. The van der Waals surface area contributed by atoms with Crippen LogP contribution in [0, 0.1) is 0 Å². The molecule has 6 heteroatoms. The molecular formula is C21H24N2O3S. The Hall–Kier alpha value is -2.60. The van der Waals surface area contributed by atoms with Gasteiger partial charge in [0.15, 0.2) is 4.80 Å². The smallest absolute Gasteiger partial charge is 0.252 e. The molecule has 3 rings (SSSR count). The molecule has 3 aromatic rings. The first-order valence-electron chi connectivity index (χ1n) is 9.00. The highest BCUT2D eigenvalue weighted by Crippen LogP contribution is 2.35. The summed E-state index contributed by atoms with van der Waals surface area (Å²) in [6.07, 6.45) is 1.27. The molecule has 0 bridgehead atoms. The van der Waals surface area contributed by atoms with Crippen LogP contribution >= 0.6 is 11.3 Å². The van der Waals surface area contributed by atoms with Gasteiger partial charge in [0.05, 0.1) is 20.6 Å². The topological polar surface area (TPSA) is 52.8 Å². The lowest BCUT2D eigenvalue weighted by Gasteiger charge is -2.08. The number of benzene rings is 2. The number of ether oxygens (including phenoxy) is 2. The maximum Gasteiger partial charge on any atom is 0.252 e. The van der Waals surface area contributed by atoms with Crippen LogP contribution in [-0.4, -0.2) is 24.7 Å². The van der Waals surface area contributed by atoms with Crippen molar-refractivity contribution >= 4 is 27.5 Å². The summed E-state index contributed by atoms with van der Waals surface area (Å²) in [5.41, 5.74) is 3.14. The Morgan fingerprint density at radius 1 is 1.00 bits per heavy atom. The Labute approximate surface area is 162 Å². The number of rotatable bonds is 6. The van der Waals surface area contributed by atoms with Gasteiger partial charge >= 0.3 is 0 Å². The minimum atomic E-state index is -0.161. The average Bonchev–Trinajstić information content (AvgIpc) is 3.05. The average molecular weight is 385 g/mol. The van der Waals surface area contributed by atoms with Crippen LogP contribution in [0.3, 0.4) is 0 Å². The fourth-order valence-corrected chi connectivity index (χ4v) is 4.27. The van der Waals surface area contributed by atoms with Crippen LogP contribution in [0.1, 0.15) is 25.0 Å². The van der Waals surface area contributed by atoms with E-state index in [0.29, 0.717) is 11.3 Å². The standard InChI is InChI=1S/C21H24N2O3S/c1-5-14-7-9-15(10-8-14)13-18(24)22-21-23(6-2)19-16(25-3)11-12-17(26-4)20(19)27-21/h7-12H,5-6,13H2,1-4H3. The Balaban J connectivity index is 2.02. The van der Waals surface area contributed by atoms with Crippen molar-refractivity contribution in [1.29, 1.82) is 0 Å². The van der Waals surface area contributed by atoms with Crippen molar-refractivity contribution in [2.75, 3.05) is 14.2 Å². The molecule has 27 heavy (non-hydrogen) atoms. The quantitative estimate of drug-likeness (QED) is 0.646. The van der Waals surface area contributed by atoms with Gasteiger partial charge < -0.3 is 14.0 Å². The number of methoxy groups -OCH3 is 2. The van der Waals surface area contributed by atoms with Gasteiger partial charge in [-0.15, -0.1) is 0 Å². The molecule has 0 aliphatic rings. The second-order valence-electron chi connectivity index (χ2n) is 6.13. The second-order valence-corrected chi connectivity index (χ2v) is 7.11. The molecule has 0 radical (unpaired) electrons. The van der Waals surface area contributed by atoms with Crippen molar-refractivity contribution in [2.45, 2.75) is 33.2 Å². The van der Waals surface area contributed by atoms with Crippen LogP contribution in [0.2, 0.25) is 0 Å². The first-order chi connectivity index (χ1) is 13.1. The Bertz CT molecular complexity index is 1020. The van der Waals surface area contributed by atoms with Gasteiger partial charge in [-0.1, -0.05) is 42.5 Å². The lowest BCUT2D eigenvalue weighted by Crippen LogP contribution is -2.16. The molecule has 2 aromatic carbocycles. The molecular weight excluding hydrogens is 360 g/mol. The highest BCUT2D eigenvalue weighted by atomic mass is 32.1. The first kappa shape index (κ1) is 19.2. The molecule has 0 atom stereocenters. The monoisotopic (exact) mass is 384 g/mol. The third kappa shape index (κ3) is 3.90. The normalized spacial score (nSPS) is 11.8. The van der Waals surface area contributed by atoms with Crippen molar-refractivity contribution in [3.8, 4) is 11.5 Å². The van der Waals surface area contributed by atoms with E-state index < -0.39 is 0 Å². The zero-order valence-corrected chi connectivity index (χ0v) is 16.9. The van der Waals surface area contributed by atoms with Crippen molar-refractivity contribution in [2.24, 2.45) is 4.99 Å². The molecule has 0 unspecified atom stereocenters. The van der Waals surface area contributed by atoms with E-state index in [9.17, 15) is 4.79 Å². The van der Waals surface area contributed by atoms with Crippen LogP contribution in [0.15, 0.2) is 41.4 Å². The molecule has 1 amide bonds. The first-order valence-corrected chi connectivity index (χ1v) is 9.82. The number of hydrogen-bond donors (Lipinski definition) is 0. The highest BCUT2D eigenvalue weighted by molar-refractivity contribution is 7.16. The molecule has 0 aliphatic heterocycles. The molecule has 0 spiro atoms. The molecule has 142 valence electrons. The fourth-order valence-electron chi connectivity index (χ4n) is 3.05. The van der Waals surface area contributed by atoms with E-state index in [1.807, 2.05) is 35.8 Å². The summed E-state index contributed by atoms with van der Waals surface area (Å²) in [5, 5.41) is 0. The van der Waals surface area contributed by atoms with E-state index >= 15 is 0 Å². The van der Waals surface area contributed by atoms with Gasteiger partial charge in [-0.25, -0.2) is 0 Å². The summed E-state index contributed by atoms with van der Waals surface area (Å²) < 4.78 is 13.9. The number of aromatic nitrogens is 1. The summed E-state index contributed by atoms with van der Waals surface area (Å²) in [6, 6.07) is 11.9. The lowest BCUT2D eigenvalue weighted by molar-refractivity contribution is -0.117. The van der Waals surface area contributed by atoms with E-state index in [4.69, 9.17) is 9.47 Å². The Kier molecular flexibility index (Phi) is 5.96. The summed E-state index contributed by atoms with van der Waals surface area (Å²) in [5.74, 6) is 1.33. The van der Waals surface area contributed by atoms with E-state index in [0.717, 1.165) is 33.7 Å². The van der Waals surface area contributed by atoms with Gasteiger partial charge in [0, 0.05) is 6.54 Å². The SMILES string of the molecule is CCc1ccc(CC(=O)N=c2sc3c(OC)ccc(OC)c3n2CC)cc1. The molecule has 5 nitrogen and oxygen atoms in total. The van der Waals surface area contributed by atoms with E-state index in [-0.39, 0.29) is 12.3 Å². The van der Waals surface area contributed by atoms with E-state index in [1.54, 1.807) is 14.2 Å². The molecule has 0 aliphatic carbocycles. The molecule has 0 saturated heterocycles. The maximum atomic E-state index is 12.6. The number of carbonyl (C=O) groups is 1. The zero-order chi connectivity index (χ0) is 19.4. The molecule has 0 fully saturated rings. The Morgan fingerprint density at radius 2 is 1.63 bits per heavy atom. The van der Waals surface area contributed by atoms with Gasteiger partial charge in [-0.05, 0) is 36.6 Å². The fraction of sp³-hybridized carbons (Fsp3) is 0.333. The lowest BCUT2D eigenvalue weighted by atomic mass is 10.1. The van der Waals surface area contributed by atoms with Gasteiger partial charge in [0.1, 0.15) is 21.7 Å². The number of fused-ring (bicyclic) bond motifs is 1. The number of hydrogen-bond acceptors (Lipinski definition) is 4. The predicted octanol–water partition coefficient (Wildman–Crippen LogP) is 3.97. The van der Waals surface area contributed by atoms with Gasteiger partial charge in [0.2, 0.25) is 0 Å². The van der Waals surface area contributed by atoms with Crippen molar-refractivity contribution in [3.63, 3.8) is 0 Å². The van der Waals surface area contributed by atoms with Crippen LogP contribution in [0.25, 0.3) is 10.2 Å². The number of amides is 1. The number of thiazole rings is 1. The van der Waals surface area contributed by atoms with E-state index in [1.165, 1.54) is 16.9 Å². The maximum absolute atomic E-state index is 12.6. The van der Waals surface area contributed by atoms with Crippen LogP contribution in [0.5, 0.6) is 11.5 Å². The van der Waals surface area contributed by atoms with Crippen molar-refractivity contribution < 1.29 is 14.3 Å². The van der Waals surface area contributed by atoms with Crippen LogP contribution in [0.4, 0.5) is 0 Å². The minimum absolute atomic E-state index is 0.161. The van der Waals surface area contributed by atoms with Crippen molar-refractivity contribution in [1.82, 2.24) is 4.57 Å². The Morgan fingerprint density at radius 3 is 2.22 bits per heavy atom. The predicted molar refractivity (Wildman–Crippen MR) is 109 cm³/mol. The minimum Gasteiger partial charge on any atom is -0.495 e. The number of carbonyl (C=O) groups excluding carboxylic acids is 1. The third-order valence-corrected chi connectivity index (χ3v) is 5.61. The summed E-state index contributed by atoms with van der Waals surface area (Å²) in [6.45, 7) is 4.82. The third-order valence-electron chi connectivity index (χ3n) is 4.52. The van der Waals surface area contributed by atoms with Gasteiger partial charge in [0.25, 0.3) is 5.91 Å². The van der Waals surface area contributed by atoms with Crippen LogP contribution in [-0.2, 0) is 24.2 Å². The summed E-state index contributed by atoms with van der Waals surface area (Å²) in [4.78, 5) is 17.6. The number of aryl methyl sites for hydroxylation is 2. The molecule has 1 aromatic heterocycles. The zero-order valence-electron chi connectivity index (χ0n) is 16.1.